The van der Waals surface area contributed by atoms with Gasteiger partial charge in [-0.05, 0) is 18.3 Å². The lowest BCUT2D eigenvalue weighted by atomic mass is 9.77. The fourth-order valence-electron chi connectivity index (χ4n) is 2.45. The number of unbranched alkanes of at least 4 members (excludes halogenated alkanes) is 1. The molecule has 0 saturated heterocycles. The molecule has 0 unspecified atom stereocenters. The molecule has 1 aliphatic heterocycles. The molecule has 92 valence electrons. The minimum Gasteiger partial charge on any atom is -0.312 e. The number of rotatable bonds is 5. The Hall–Kier alpha value is -0.860. The molecule has 1 heterocycles. The molecule has 3 nitrogen and oxygen atoms in total. The number of hydrogen-bond acceptors (Lipinski definition) is 2. The highest BCUT2D eigenvalue weighted by Crippen LogP contribution is 2.34. The van der Waals surface area contributed by atoms with Crippen LogP contribution in [0.2, 0.25) is 0 Å². The first-order valence-electron chi connectivity index (χ1n) is 6.35. The Balaban J connectivity index is 2.93. The molecule has 0 aromatic carbocycles. The van der Waals surface area contributed by atoms with Crippen molar-refractivity contribution in [1.29, 1.82) is 0 Å². The molecule has 0 saturated carbocycles. The number of amidine groups is 1. The van der Waals surface area contributed by atoms with Crippen LogP contribution in [0.3, 0.4) is 0 Å². The lowest BCUT2D eigenvalue weighted by Gasteiger charge is -2.31. The first-order valence-corrected chi connectivity index (χ1v) is 6.35. The summed E-state index contributed by atoms with van der Waals surface area (Å²) >= 11 is 0. The molecule has 0 bridgehead atoms. The minimum atomic E-state index is -0.539. The molecule has 3 heteroatoms. The highest BCUT2D eigenvalue weighted by atomic mass is 16.2. The number of aliphatic imine (C=N–C) groups is 1. The van der Waals surface area contributed by atoms with E-state index in [1.54, 1.807) is 0 Å². The van der Waals surface area contributed by atoms with Gasteiger partial charge in [-0.1, -0.05) is 41.0 Å². The van der Waals surface area contributed by atoms with Crippen LogP contribution in [0, 0.1) is 11.8 Å². The van der Waals surface area contributed by atoms with Gasteiger partial charge in [0.15, 0.2) is 0 Å². The van der Waals surface area contributed by atoms with Crippen molar-refractivity contribution in [2.45, 2.75) is 59.4 Å². The van der Waals surface area contributed by atoms with Crippen LogP contribution in [0.5, 0.6) is 0 Å². The van der Waals surface area contributed by atoms with Gasteiger partial charge < -0.3 is 5.32 Å². The van der Waals surface area contributed by atoms with Gasteiger partial charge in [0, 0.05) is 6.42 Å². The van der Waals surface area contributed by atoms with Gasteiger partial charge in [-0.2, -0.15) is 0 Å². The highest BCUT2D eigenvalue weighted by Gasteiger charge is 2.48. The van der Waals surface area contributed by atoms with Crippen molar-refractivity contribution in [1.82, 2.24) is 5.32 Å². The summed E-state index contributed by atoms with van der Waals surface area (Å²) in [6, 6.07) is 0. The van der Waals surface area contributed by atoms with E-state index in [1.165, 1.54) is 0 Å². The second kappa shape index (κ2) is 4.98. The number of amides is 1. The first-order chi connectivity index (χ1) is 7.45. The SMILES string of the molecule is CCCCC1=NC(C(C)C)(C(C)C)C(=O)N1. The van der Waals surface area contributed by atoms with E-state index >= 15 is 0 Å². The van der Waals surface area contributed by atoms with Crippen molar-refractivity contribution in [3.63, 3.8) is 0 Å². The number of nitrogens with one attached hydrogen (secondary N) is 1. The summed E-state index contributed by atoms with van der Waals surface area (Å²) in [4.78, 5) is 16.8. The number of nitrogens with zero attached hydrogens (tertiary/aromatic N) is 1. The Bertz CT molecular complexity index is 284. The highest BCUT2D eigenvalue weighted by molar-refractivity contribution is 6.08. The van der Waals surface area contributed by atoms with Crippen molar-refractivity contribution < 1.29 is 4.79 Å². The quantitative estimate of drug-likeness (QED) is 0.766. The van der Waals surface area contributed by atoms with Gasteiger partial charge in [-0.25, -0.2) is 0 Å². The average molecular weight is 224 g/mol. The van der Waals surface area contributed by atoms with Crippen molar-refractivity contribution in [3.8, 4) is 0 Å². The van der Waals surface area contributed by atoms with E-state index in [0.29, 0.717) is 0 Å². The van der Waals surface area contributed by atoms with Crippen LogP contribution in [0.15, 0.2) is 4.99 Å². The molecule has 0 fully saturated rings. The molecule has 0 aliphatic carbocycles. The molecule has 1 aliphatic rings. The summed E-state index contributed by atoms with van der Waals surface area (Å²) in [5, 5.41) is 2.95. The van der Waals surface area contributed by atoms with Gasteiger partial charge in [0.05, 0.1) is 0 Å². The lowest BCUT2D eigenvalue weighted by molar-refractivity contribution is -0.126. The van der Waals surface area contributed by atoms with Gasteiger partial charge >= 0.3 is 0 Å². The number of hydrogen-bond donors (Lipinski definition) is 1. The second-order valence-electron chi connectivity index (χ2n) is 5.25. The Morgan fingerprint density at radius 2 is 1.81 bits per heavy atom. The normalized spacial score (nSPS) is 19.2. The summed E-state index contributed by atoms with van der Waals surface area (Å²) in [7, 11) is 0. The van der Waals surface area contributed by atoms with E-state index in [4.69, 9.17) is 4.99 Å². The maximum Gasteiger partial charge on any atom is 0.253 e. The zero-order valence-corrected chi connectivity index (χ0v) is 11.1. The van der Waals surface area contributed by atoms with Gasteiger partial charge in [-0.15, -0.1) is 0 Å². The topological polar surface area (TPSA) is 41.5 Å². The summed E-state index contributed by atoms with van der Waals surface area (Å²) in [6.07, 6.45) is 3.11. The smallest absolute Gasteiger partial charge is 0.253 e. The van der Waals surface area contributed by atoms with E-state index in [9.17, 15) is 4.79 Å². The first kappa shape index (κ1) is 13.2. The van der Waals surface area contributed by atoms with E-state index in [2.05, 4.69) is 39.9 Å². The van der Waals surface area contributed by atoms with Crippen molar-refractivity contribution in [2.24, 2.45) is 16.8 Å². The summed E-state index contributed by atoms with van der Waals surface area (Å²) < 4.78 is 0. The molecule has 0 spiro atoms. The van der Waals surface area contributed by atoms with Gasteiger partial charge in [0.2, 0.25) is 0 Å². The van der Waals surface area contributed by atoms with Crippen molar-refractivity contribution >= 4 is 11.7 Å². The third-order valence-electron chi connectivity index (χ3n) is 3.47. The van der Waals surface area contributed by atoms with Crippen LogP contribution in [-0.2, 0) is 4.79 Å². The zero-order chi connectivity index (χ0) is 12.3. The summed E-state index contributed by atoms with van der Waals surface area (Å²) in [5.74, 6) is 1.45. The van der Waals surface area contributed by atoms with Crippen LogP contribution in [-0.4, -0.2) is 17.3 Å². The zero-order valence-electron chi connectivity index (χ0n) is 11.1. The van der Waals surface area contributed by atoms with E-state index < -0.39 is 5.54 Å². The van der Waals surface area contributed by atoms with Crippen LogP contribution in [0.25, 0.3) is 0 Å². The van der Waals surface area contributed by atoms with Crippen LogP contribution >= 0.6 is 0 Å². The van der Waals surface area contributed by atoms with E-state index in [1.807, 2.05) is 0 Å². The third kappa shape index (κ3) is 2.13. The molecule has 1 rings (SSSR count). The maximum absolute atomic E-state index is 12.1. The largest absolute Gasteiger partial charge is 0.312 e. The molecule has 0 radical (unpaired) electrons. The standard InChI is InChI=1S/C13H24N2O/c1-6-7-8-11-14-12(16)13(15-11,9(2)3)10(4)5/h9-10H,6-8H2,1-5H3,(H,14,15,16). The molecule has 1 amide bonds. The fourth-order valence-corrected chi connectivity index (χ4v) is 2.45. The van der Waals surface area contributed by atoms with E-state index in [0.717, 1.165) is 25.1 Å². The molecule has 0 aromatic rings. The third-order valence-corrected chi connectivity index (χ3v) is 3.47. The Labute approximate surface area is 98.7 Å². The maximum atomic E-state index is 12.1. The van der Waals surface area contributed by atoms with Crippen molar-refractivity contribution in [2.75, 3.05) is 0 Å². The van der Waals surface area contributed by atoms with Gasteiger partial charge in [-0.3, -0.25) is 9.79 Å². The average Bonchev–Trinajstić information content (AvgIpc) is 2.53. The monoisotopic (exact) mass is 224 g/mol. The molecular formula is C13H24N2O. The Morgan fingerprint density at radius 1 is 1.25 bits per heavy atom. The van der Waals surface area contributed by atoms with Gasteiger partial charge in [0.25, 0.3) is 5.91 Å². The number of carbonyl (C=O) groups excluding carboxylic acids is 1. The summed E-state index contributed by atoms with van der Waals surface area (Å²) in [5.41, 5.74) is -0.539. The predicted octanol–water partition coefficient (Wildman–Crippen LogP) is 2.76. The molecule has 1 N–H and O–H groups in total. The van der Waals surface area contributed by atoms with Crippen LogP contribution < -0.4 is 5.32 Å². The molecule has 0 atom stereocenters. The van der Waals surface area contributed by atoms with Crippen LogP contribution in [0.4, 0.5) is 0 Å². The molecular weight excluding hydrogens is 200 g/mol. The predicted molar refractivity (Wildman–Crippen MR) is 67.5 cm³/mol. The van der Waals surface area contributed by atoms with Crippen molar-refractivity contribution in [3.05, 3.63) is 0 Å². The fraction of sp³-hybridized carbons (Fsp3) is 0.846. The van der Waals surface area contributed by atoms with Crippen LogP contribution in [0.1, 0.15) is 53.9 Å². The Morgan fingerprint density at radius 3 is 2.19 bits per heavy atom. The van der Waals surface area contributed by atoms with E-state index in [-0.39, 0.29) is 17.7 Å². The minimum absolute atomic E-state index is 0.0867. The lowest BCUT2D eigenvalue weighted by Crippen LogP contribution is -2.48. The number of carbonyl (C=O) groups is 1. The molecule has 16 heavy (non-hydrogen) atoms. The second-order valence-corrected chi connectivity index (χ2v) is 5.25. The Kier molecular flexibility index (Phi) is 4.11. The van der Waals surface area contributed by atoms with Gasteiger partial charge in [0.1, 0.15) is 11.4 Å². The summed E-state index contributed by atoms with van der Waals surface area (Å²) in [6.45, 7) is 10.4. The molecule has 0 aromatic heterocycles.